The summed E-state index contributed by atoms with van der Waals surface area (Å²) in [6.07, 6.45) is 5.54. The molecule has 0 aromatic carbocycles. The Morgan fingerprint density at radius 2 is 2.25 bits per heavy atom. The highest BCUT2D eigenvalue weighted by atomic mass is 15.1. The first-order valence-corrected chi connectivity index (χ1v) is 5.62. The smallest absolute Gasteiger partial charge is 0.129 e. The molecule has 4 heteroatoms. The van der Waals surface area contributed by atoms with Crippen LogP contribution in [0.25, 0.3) is 11.0 Å². The van der Waals surface area contributed by atoms with Crippen LogP contribution in [0.1, 0.15) is 32.5 Å². The van der Waals surface area contributed by atoms with Crippen LogP contribution in [0, 0.1) is 0 Å². The average Bonchev–Trinajstić information content (AvgIpc) is 2.58. The molecule has 2 aromatic rings. The fraction of sp³-hybridized carbons (Fsp3) is 0.500. The average molecular weight is 218 g/mol. The number of nitrogens with zero attached hydrogens (tertiary/aromatic N) is 3. The normalized spacial score (nSPS) is 15.2. The van der Waals surface area contributed by atoms with Gasteiger partial charge in [0.15, 0.2) is 0 Å². The molecule has 0 aliphatic heterocycles. The lowest BCUT2D eigenvalue weighted by atomic mass is 9.97. The summed E-state index contributed by atoms with van der Waals surface area (Å²) < 4.78 is 2.06. The van der Waals surface area contributed by atoms with Crippen molar-refractivity contribution in [1.29, 1.82) is 0 Å². The van der Waals surface area contributed by atoms with Crippen LogP contribution in [0.3, 0.4) is 0 Å². The van der Waals surface area contributed by atoms with E-state index in [2.05, 4.69) is 21.5 Å². The Balaban J connectivity index is 2.57. The molecule has 0 bridgehead atoms. The van der Waals surface area contributed by atoms with Crippen LogP contribution >= 0.6 is 0 Å². The van der Waals surface area contributed by atoms with Gasteiger partial charge in [0.2, 0.25) is 0 Å². The number of rotatable bonds is 3. The molecule has 1 unspecified atom stereocenters. The first-order valence-electron chi connectivity index (χ1n) is 5.62. The van der Waals surface area contributed by atoms with Crippen molar-refractivity contribution in [3.8, 4) is 0 Å². The quantitative estimate of drug-likeness (QED) is 0.856. The van der Waals surface area contributed by atoms with Gasteiger partial charge < -0.3 is 10.3 Å². The minimum Gasteiger partial charge on any atom is -0.329 e. The number of aryl methyl sites for hydroxylation is 1. The molecule has 0 saturated carbocycles. The molecule has 16 heavy (non-hydrogen) atoms. The molecular weight excluding hydrogens is 200 g/mol. The molecule has 0 radical (unpaired) electrons. The number of imidazole rings is 1. The van der Waals surface area contributed by atoms with Crippen molar-refractivity contribution in [3.05, 3.63) is 24.3 Å². The van der Waals surface area contributed by atoms with Gasteiger partial charge in [-0.2, -0.15) is 0 Å². The molecule has 0 aliphatic carbocycles. The van der Waals surface area contributed by atoms with Crippen molar-refractivity contribution >= 4 is 11.0 Å². The van der Waals surface area contributed by atoms with Gasteiger partial charge in [0, 0.05) is 13.2 Å². The second kappa shape index (κ2) is 3.87. The second-order valence-electron chi connectivity index (χ2n) is 4.53. The topological polar surface area (TPSA) is 56.7 Å². The summed E-state index contributed by atoms with van der Waals surface area (Å²) in [5.41, 5.74) is 7.93. The second-order valence-corrected chi connectivity index (χ2v) is 4.53. The fourth-order valence-corrected chi connectivity index (χ4v) is 2.19. The van der Waals surface area contributed by atoms with Gasteiger partial charge in [0.25, 0.3) is 0 Å². The molecular formula is C12H18N4. The van der Waals surface area contributed by atoms with E-state index in [-0.39, 0.29) is 5.54 Å². The minimum absolute atomic E-state index is 0.373. The molecule has 86 valence electrons. The van der Waals surface area contributed by atoms with Gasteiger partial charge in [-0.1, -0.05) is 13.3 Å². The maximum Gasteiger partial charge on any atom is 0.129 e. The summed E-state index contributed by atoms with van der Waals surface area (Å²) in [5.74, 6) is 0.928. The predicted molar refractivity (Wildman–Crippen MR) is 65.0 cm³/mol. The molecule has 2 heterocycles. The van der Waals surface area contributed by atoms with Crippen LogP contribution in [0.5, 0.6) is 0 Å². The molecule has 2 N–H and O–H groups in total. The molecule has 0 amide bonds. The van der Waals surface area contributed by atoms with Crippen LogP contribution < -0.4 is 5.73 Å². The number of aromatic nitrogens is 3. The van der Waals surface area contributed by atoms with Crippen molar-refractivity contribution in [3.63, 3.8) is 0 Å². The summed E-state index contributed by atoms with van der Waals surface area (Å²) >= 11 is 0. The van der Waals surface area contributed by atoms with Crippen molar-refractivity contribution < 1.29 is 0 Å². The standard InChI is InChI=1S/C12H18N4/c1-4-6-12(2,13)11-15-9-8-14-7-5-10(9)16(11)3/h5,7-8H,4,6,13H2,1-3H3. The summed E-state index contributed by atoms with van der Waals surface area (Å²) in [7, 11) is 2.01. The number of pyridine rings is 1. The molecule has 1 atom stereocenters. The van der Waals surface area contributed by atoms with Crippen molar-refractivity contribution in [2.75, 3.05) is 0 Å². The van der Waals surface area contributed by atoms with Gasteiger partial charge in [-0.25, -0.2) is 4.98 Å². The Morgan fingerprint density at radius 1 is 1.50 bits per heavy atom. The van der Waals surface area contributed by atoms with Crippen LogP contribution in [-0.2, 0) is 12.6 Å². The van der Waals surface area contributed by atoms with Crippen LogP contribution in [0.4, 0.5) is 0 Å². The summed E-state index contributed by atoms with van der Waals surface area (Å²) in [4.78, 5) is 8.66. The number of hydrogen-bond donors (Lipinski definition) is 1. The van der Waals surface area contributed by atoms with Crippen molar-refractivity contribution in [2.45, 2.75) is 32.2 Å². The third-order valence-electron chi connectivity index (χ3n) is 2.96. The monoisotopic (exact) mass is 218 g/mol. The highest BCUT2D eigenvalue weighted by Crippen LogP contribution is 2.25. The SMILES string of the molecule is CCCC(C)(N)c1nc2cnccc2n1C. The molecule has 2 rings (SSSR count). The lowest BCUT2D eigenvalue weighted by Crippen LogP contribution is -2.35. The zero-order valence-electron chi connectivity index (χ0n) is 10.1. The van der Waals surface area contributed by atoms with Gasteiger partial charge in [-0.3, -0.25) is 4.98 Å². The van der Waals surface area contributed by atoms with Gasteiger partial charge in [-0.05, 0) is 19.4 Å². The molecule has 0 spiro atoms. The number of nitrogens with two attached hydrogens (primary N) is 1. The van der Waals surface area contributed by atoms with Gasteiger partial charge >= 0.3 is 0 Å². The Morgan fingerprint density at radius 3 is 2.88 bits per heavy atom. The van der Waals surface area contributed by atoms with E-state index in [0.29, 0.717) is 0 Å². The van der Waals surface area contributed by atoms with Crippen LogP contribution in [-0.4, -0.2) is 14.5 Å². The van der Waals surface area contributed by atoms with Gasteiger partial charge in [0.1, 0.15) is 11.3 Å². The molecule has 2 aromatic heterocycles. The third kappa shape index (κ3) is 1.69. The zero-order chi connectivity index (χ0) is 11.8. The van der Waals surface area contributed by atoms with Crippen molar-refractivity contribution in [2.24, 2.45) is 12.8 Å². The van der Waals surface area contributed by atoms with E-state index in [0.717, 1.165) is 29.7 Å². The summed E-state index contributed by atoms with van der Waals surface area (Å²) in [5, 5.41) is 0. The van der Waals surface area contributed by atoms with E-state index in [1.807, 2.05) is 20.0 Å². The van der Waals surface area contributed by atoms with Crippen LogP contribution in [0.15, 0.2) is 18.5 Å². The maximum atomic E-state index is 6.31. The van der Waals surface area contributed by atoms with Crippen molar-refractivity contribution in [1.82, 2.24) is 14.5 Å². The molecule has 4 nitrogen and oxygen atoms in total. The number of fused-ring (bicyclic) bond motifs is 1. The lowest BCUT2D eigenvalue weighted by molar-refractivity contribution is 0.410. The predicted octanol–water partition coefficient (Wildman–Crippen LogP) is 1.94. The first-order chi connectivity index (χ1) is 7.56. The molecule has 0 saturated heterocycles. The largest absolute Gasteiger partial charge is 0.329 e. The maximum absolute atomic E-state index is 6.31. The van der Waals surface area contributed by atoms with E-state index in [1.165, 1.54) is 0 Å². The molecule has 0 aliphatic rings. The summed E-state index contributed by atoms with van der Waals surface area (Å²) in [6, 6.07) is 1.97. The zero-order valence-corrected chi connectivity index (χ0v) is 10.1. The fourth-order valence-electron chi connectivity index (χ4n) is 2.19. The van der Waals surface area contributed by atoms with Crippen LogP contribution in [0.2, 0.25) is 0 Å². The van der Waals surface area contributed by atoms with E-state index >= 15 is 0 Å². The first kappa shape index (κ1) is 11.1. The lowest BCUT2D eigenvalue weighted by Gasteiger charge is -2.23. The van der Waals surface area contributed by atoms with E-state index in [9.17, 15) is 0 Å². The summed E-state index contributed by atoms with van der Waals surface area (Å²) in [6.45, 7) is 4.17. The number of hydrogen-bond acceptors (Lipinski definition) is 3. The Bertz CT molecular complexity index is 499. The van der Waals surface area contributed by atoms with E-state index in [1.54, 1.807) is 12.4 Å². The van der Waals surface area contributed by atoms with Gasteiger partial charge in [0.05, 0.1) is 17.3 Å². The molecule has 0 fully saturated rings. The Labute approximate surface area is 95.5 Å². The van der Waals surface area contributed by atoms with E-state index in [4.69, 9.17) is 5.73 Å². The highest BCUT2D eigenvalue weighted by Gasteiger charge is 2.26. The third-order valence-corrected chi connectivity index (χ3v) is 2.96. The Hall–Kier alpha value is -1.42. The van der Waals surface area contributed by atoms with E-state index < -0.39 is 0 Å². The minimum atomic E-state index is -0.373. The van der Waals surface area contributed by atoms with Gasteiger partial charge in [-0.15, -0.1) is 0 Å². The highest BCUT2D eigenvalue weighted by molar-refractivity contribution is 5.74. The Kier molecular flexibility index (Phi) is 2.68.